The summed E-state index contributed by atoms with van der Waals surface area (Å²) in [5.41, 5.74) is 3.30. The number of hydrogen-bond acceptors (Lipinski definition) is 4. The summed E-state index contributed by atoms with van der Waals surface area (Å²) in [6.07, 6.45) is 4.03. The second-order valence-corrected chi connectivity index (χ2v) is 11.7. The minimum atomic E-state index is -2.66. The second kappa shape index (κ2) is 7.10. The van der Waals surface area contributed by atoms with Gasteiger partial charge in [0.2, 0.25) is 5.91 Å². The molecule has 0 spiro atoms. The van der Waals surface area contributed by atoms with E-state index >= 15 is 0 Å². The molecule has 1 saturated carbocycles. The summed E-state index contributed by atoms with van der Waals surface area (Å²) in [7, 11) is -2.66. The van der Waals surface area contributed by atoms with E-state index in [9.17, 15) is 14.2 Å². The Kier molecular flexibility index (Phi) is 4.86. The Morgan fingerprint density at radius 2 is 1.97 bits per heavy atom. The first kappa shape index (κ1) is 19.8. The molecule has 29 heavy (non-hydrogen) atoms. The number of nitrogens with zero attached hydrogens (tertiary/aromatic N) is 2. The van der Waals surface area contributed by atoms with Crippen molar-refractivity contribution in [1.82, 2.24) is 9.88 Å². The lowest BCUT2D eigenvalue weighted by Gasteiger charge is -2.24. The van der Waals surface area contributed by atoms with E-state index in [0.29, 0.717) is 29.1 Å². The van der Waals surface area contributed by atoms with Crippen LogP contribution >= 0.6 is 7.14 Å². The molecule has 0 saturated heterocycles. The quantitative estimate of drug-likeness (QED) is 0.761. The van der Waals surface area contributed by atoms with Crippen molar-refractivity contribution in [3.05, 3.63) is 41.6 Å². The molecule has 1 N–H and O–H groups in total. The van der Waals surface area contributed by atoms with Gasteiger partial charge < -0.3 is 14.8 Å². The van der Waals surface area contributed by atoms with Crippen LogP contribution in [0.2, 0.25) is 0 Å². The van der Waals surface area contributed by atoms with Gasteiger partial charge in [-0.1, -0.05) is 0 Å². The molecule has 1 aliphatic heterocycles. The molecule has 1 fully saturated rings. The van der Waals surface area contributed by atoms with Crippen LogP contribution in [-0.2, 0) is 15.9 Å². The molecule has 0 bridgehead atoms. The molecule has 1 aromatic carbocycles. The van der Waals surface area contributed by atoms with Crippen LogP contribution in [0.4, 0.5) is 5.82 Å². The summed E-state index contributed by atoms with van der Waals surface area (Å²) in [6.45, 7) is 7.54. The summed E-state index contributed by atoms with van der Waals surface area (Å²) in [5.74, 6) is 0.894. The predicted octanol–water partition coefficient (Wildman–Crippen LogP) is 3.71. The zero-order valence-corrected chi connectivity index (χ0v) is 18.1. The molecular formula is C22H26N3O3P. The normalized spacial score (nSPS) is 17.2. The molecule has 1 unspecified atom stereocenters. The van der Waals surface area contributed by atoms with Crippen molar-refractivity contribution < 1.29 is 14.2 Å². The molecule has 0 radical (unpaired) electrons. The predicted molar refractivity (Wildman–Crippen MR) is 115 cm³/mol. The van der Waals surface area contributed by atoms with Crippen LogP contribution in [0, 0.1) is 5.92 Å². The van der Waals surface area contributed by atoms with Gasteiger partial charge in [0.15, 0.2) is 0 Å². The van der Waals surface area contributed by atoms with Crippen LogP contribution in [-0.4, -0.2) is 41.1 Å². The van der Waals surface area contributed by atoms with Crippen molar-refractivity contribution >= 4 is 30.1 Å². The van der Waals surface area contributed by atoms with Gasteiger partial charge in [-0.05, 0) is 74.4 Å². The Bertz CT molecular complexity index is 1040. The third kappa shape index (κ3) is 3.86. The van der Waals surface area contributed by atoms with Crippen molar-refractivity contribution in [3.63, 3.8) is 0 Å². The summed E-state index contributed by atoms with van der Waals surface area (Å²) in [5, 5.41) is 3.30. The van der Waals surface area contributed by atoms with Crippen molar-refractivity contribution in [2.45, 2.75) is 39.3 Å². The SMILES string of the molecule is CC(=O)Nc1ccc(-c2cc3c(c(P(C)(C)=O)c2)C(=O)N(C(C)C2CC2)C3)cn1. The summed E-state index contributed by atoms with van der Waals surface area (Å²) in [6, 6.07) is 7.71. The largest absolute Gasteiger partial charge is 0.331 e. The zero-order valence-electron chi connectivity index (χ0n) is 17.2. The fourth-order valence-electron chi connectivity index (χ4n) is 4.03. The van der Waals surface area contributed by atoms with Crippen LogP contribution in [0.25, 0.3) is 11.1 Å². The van der Waals surface area contributed by atoms with Gasteiger partial charge in [-0.15, -0.1) is 0 Å². The number of nitrogens with one attached hydrogen (secondary N) is 1. The Labute approximate surface area is 171 Å². The number of amides is 2. The van der Waals surface area contributed by atoms with E-state index in [1.165, 1.54) is 19.8 Å². The van der Waals surface area contributed by atoms with Gasteiger partial charge in [-0.2, -0.15) is 0 Å². The number of anilines is 1. The lowest BCUT2D eigenvalue weighted by atomic mass is 10.0. The van der Waals surface area contributed by atoms with Gasteiger partial charge in [0.05, 0.1) is 5.56 Å². The lowest BCUT2D eigenvalue weighted by Crippen LogP contribution is -2.35. The van der Waals surface area contributed by atoms with E-state index in [1.54, 1.807) is 25.6 Å². The average molecular weight is 411 g/mol. The molecule has 1 atom stereocenters. The fourth-order valence-corrected chi connectivity index (χ4v) is 5.26. The molecule has 7 heteroatoms. The van der Waals surface area contributed by atoms with E-state index in [2.05, 4.69) is 17.2 Å². The Morgan fingerprint density at radius 3 is 2.52 bits per heavy atom. The molecule has 152 valence electrons. The Hall–Kier alpha value is -2.46. The van der Waals surface area contributed by atoms with Gasteiger partial charge in [0.25, 0.3) is 5.91 Å². The van der Waals surface area contributed by atoms with Crippen LogP contribution in [0.5, 0.6) is 0 Å². The first-order chi connectivity index (χ1) is 13.6. The molecule has 6 nitrogen and oxygen atoms in total. The number of rotatable bonds is 5. The Balaban J connectivity index is 1.75. The van der Waals surface area contributed by atoms with Gasteiger partial charge in [-0.3, -0.25) is 9.59 Å². The Morgan fingerprint density at radius 1 is 1.24 bits per heavy atom. The number of carbonyl (C=O) groups excluding carboxylic acids is 2. The maximum absolute atomic E-state index is 13.2. The molecule has 2 amide bonds. The molecule has 1 aliphatic carbocycles. The highest BCUT2D eigenvalue weighted by molar-refractivity contribution is 7.70. The first-order valence-electron chi connectivity index (χ1n) is 9.92. The maximum atomic E-state index is 13.2. The molecule has 2 heterocycles. The molecular weight excluding hydrogens is 385 g/mol. The summed E-state index contributed by atoms with van der Waals surface area (Å²) >= 11 is 0. The lowest BCUT2D eigenvalue weighted by molar-refractivity contribution is -0.114. The molecule has 2 aliphatic rings. The number of aromatic nitrogens is 1. The van der Waals surface area contributed by atoms with E-state index in [-0.39, 0.29) is 17.9 Å². The van der Waals surface area contributed by atoms with E-state index in [1.807, 2.05) is 23.1 Å². The number of benzene rings is 1. The van der Waals surface area contributed by atoms with Gasteiger partial charge >= 0.3 is 0 Å². The van der Waals surface area contributed by atoms with Gasteiger partial charge in [-0.25, -0.2) is 4.98 Å². The highest BCUT2D eigenvalue weighted by atomic mass is 31.2. The van der Waals surface area contributed by atoms with Crippen LogP contribution in [0.3, 0.4) is 0 Å². The number of fused-ring (bicyclic) bond motifs is 1. The first-order valence-corrected chi connectivity index (χ1v) is 12.5. The number of carbonyl (C=O) groups is 2. The van der Waals surface area contributed by atoms with E-state index in [0.717, 1.165) is 16.7 Å². The third-order valence-electron chi connectivity index (χ3n) is 5.79. The minimum absolute atomic E-state index is 0.00371. The van der Waals surface area contributed by atoms with Crippen molar-refractivity contribution in [2.24, 2.45) is 5.92 Å². The molecule has 2 aromatic rings. The number of pyridine rings is 1. The smallest absolute Gasteiger partial charge is 0.255 e. The van der Waals surface area contributed by atoms with Crippen LogP contribution < -0.4 is 10.6 Å². The van der Waals surface area contributed by atoms with Crippen LogP contribution in [0.1, 0.15) is 42.6 Å². The summed E-state index contributed by atoms with van der Waals surface area (Å²) in [4.78, 5) is 30.6. The molecule has 1 aromatic heterocycles. The van der Waals surface area contributed by atoms with Gasteiger partial charge in [0.1, 0.15) is 13.0 Å². The minimum Gasteiger partial charge on any atom is -0.331 e. The van der Waals surface area contributed by atoms with Crippen molar-refractivity contribution in [1.29, 1.82) is 0 Å². The third-order valence-corrected chi connectivity index (χ3v) is 7.30. The topological polar surface area (TPSA) is 79.4 Å². The molecule has 4 rings (SSSR count). The second-order valence-electron chi connectivity index (χ2n) is 8.50. The van der Waals surface area contributed by atoms with E-state index in [4.69, 9.17) is 0 Å². The van der Waals surface area contributed by atoms with Gasteiger partial charge in [0, 0.05) is 36.6 Å². The van der Waals surface area contributed by atoms with Crippen molar-refractivity contribution in [3.8, 4) is 11.1 Å². The van der Waals surface area contributed by atoms with Crippen LogP contribution in [0.15, 0.2) is 30.5 Å². The standard InChI is InChI=1S/C22H26N3O3P/c1-13(15-5-6-15)25-12-18-9-17(10-19(29(3,4)28)21(18)22(25)27)16-7-8-20(23-11-16)24-14(2)26/h7-11,13,15H,5-6,12H2,1-4H3,(H,23,24,26). The zero-order chi connectivity index (χ0) is 20.9. The van der Waals surface area contributed by atoms with E-state index < -0.39 is 7.14 Å². The maximum Gasteiger partial charge on any atom is 0.255 e. The number of hydrogen-bond donors (Lipinski definition) is 1. The average Bonchev–Trinajstić information content (AvgIpc) is 3.44. The highest BCUT2D eigenvalue weighted by Gasteiger charge is 2.40. The highest BCUT2D eigenvalue weighted by Crippen LogP contribution is 2.43. The fraction of sp³-hybridized carbons (Fsp3) is 0.409. The monoisotopic (exact) mass is 411 g/mol. The summed E-state index contributed by atoms with van der Waals surface area (Å²) < 4.78 is 13.1. The van der Waals surface area contributed by atoms with Crippen molar-refractivity contribution in [2.75, 3.05) is 18.6 Å².